The Bertz CT molecular complexity index is 962. The van der Waals surface area contributed by atoms with Gasteiger partial charge in [0, 0.05) is 29.0 Å². The number of amides is 1. The van der Waals surface area contributed by atoms with Crippen molar-refractivity contribution in [2.24, 2.45) is 0 Å². The number of para-hydroxylation sites is 1. The van der Waals surface area contributed by atoms with Gasteiger partial charge in [-0.25, -0.2) is 9.97 Å². The number of aryl methyl sites for hydroxylation is 1. The summed E-state index contributed by atoms with van der Waals surface area (Å²) in [6.07, 6.45) is 1.54. The van der Waals surface area contributed by atoms with Gasteiger partial charge in [0.1, 0.15) is 11.4 Å². The molecule has 0 unspecified atom stereocenters. The number of benzene rings is 2. The Morgan fingerprint density at radius 3 is 2.81 bits per heavy atom. The maximum Gasteiger partial charge on any atom is 0.274 e. The van der Waals surface area contributed by atoms with E-state index in [0.29, 0.717) is 23.2 Å². The van der Waals surface area contributed by atoms with Crippen molar-refractivity contribution in [1.29, 1.82) is 0 Å². The Morgan fingerprint density at radius 1 is 1.19 bits per heavy atom. The lowest BCUT2D eigenvalue weighted by molar-refractivity contribution is 0.102. The molecule has 0 spiro atoms. The van der Waals surface area contributed by atoms with E-state index in [1.807, 2.05) is 37.3 Å². The summed E-state index contributed by atoms with van der Waals surface area (Å²) in [5, 5.41) is 6.49. The van der Waals surface area contributed by atoms with Crippen LogP contribution in [0.5, 0.6) is 5.75 Å². The summed E-state index contributed by atoms with van der Waals surface area (Å²) in [6, 6.07) is 14.5. The summed E-state index contributed by atoms with van der Waals surface area (Å²) in [7, 11) is 1.62. The molecule has 0 radical (unpaired) electrons. The molecule has 6 nitrogen and oxygen atoms in total. The molecule has 1 aromatic heterocycles. The first-order valence-electron chi connectivity index (χ1n) is 8.33. The number of nitrogens with zero attached hydrogens (tertiary/aromatic N) is 2. The van der Waals surface area contributed by atoms with Crippen LogP contribution in [-0.4, -0.2) is 23.0 Å². The highest BCUT2D eigenvalue weighted by atomic mass is 35.5. The standard InChI is InChI=1S/C20H19ClN4O2/c1-13-7-8-15(21)11-17(13)24-19(26)16-9-10-22-20(25-16)23-12-14-5-3-4-6-18(14)27-2/h3-11H,12H2,1-2H3,(H,24,26)(H,22,23,25). The fourth-order valence-corrected chi connectivity index (χ4v) is 2.68. The molecule has 0 bridgehead atoms. The molecule has 0 saturated carbocycles. The lowest BCUT2D eigenvalue weighted by Gasteiger charge is -2.11. The first kappa shape index (κ1) is 18.7. The fourth-order valence-electron chi connectivity index (χ4n) is 2.51. The molecule has 27 heavy (non-hydrogen) atoms. The second-order valence-electron chi connectivity index (χ2n) is 5.84. The molecule has 0 aliphatic rings. The van der Waals surface area contributed by atoms with E-state index in [4.69, 9.17) is 16.3 Å². The monoisotopic (exact) mass is 382 g/mol. The minimum Gasteiger partial charge on any atom is -0.496 e. The average Bonchev–Trinajstić information content (AvgIpc) is 2.69. The number of rotatable bonds is 6. The molecule has 3 aromatic rings. The van der Waals surface area contributed by atoms with E-state index >= 15 is 0 Å². The largest absolute Gasteiger partial charge is 0.496 e. The summed E-state index contributed by atoms with van der Waals surface area (Å²) in [5.41, 5.74) is 2.78. The zero-order valence-corrected chi connectivity index (χ0v) is 15.7. The third-order valence-electron chi connectivity index (χ3n) is 3.97. The fraction of sp³-hybridized carbons (Fsp3) is 0.150. The average molecular weight is 383 g/mol. The molecular formula is C20H19ClN4O2. The van der Waals surface area contributed by atoms with Gasteiger partial charge in [-0.3, -0.25) is 4.79 Å². The number of nitrogens with one attached hydrogen (secondary N) is 2. The van der Waals surface area contributed by atoms with Gasteiger partial charge in [0.2, 0.25) is 5.95 Å². The third-order valence-corrected chi connectivity index (χ3v) is 4.20. The SMILES string of the molecule is COc1ccccc1CNc1nccc(C(=O)Nc2cc(Cl)ccc2C)n1. The molecule has 0 aliphatic heterocycles. The lowest BCUT2D eigenvalue weighted by atomic mass is 10.2. The van der Waals surface area contributed by atoms with E-state index in [2.05, 4.69) is 20.6 Å². The molecule has 1 amide bonds. The Kier molecular flexibility index (Phi) is 5.88. The molecule has 0 atom stereocenters. The van der Waals surface area contributed by atoms with E-state index in [0.717, 1.165) is 16.9 Å². The number of ether oxygens (including phenoxy) is 1. The molecule has 2 aromatic carbocycles. The summed E-state index contributed by atoms with van der Waals surface area (Å²) in [5.74, 6) is 0.801. The maximum atomic E-state index is 12.5. The number of carbonyl (C=O) groups is 1. The summed E-state index contributed by atoms with van der Waals surface area (Å²) in [6.45, 7) is 2.37. The van der Waals surface area contributed by atoms with Gasteiger partial charge in [-0.2, -0.15) is 0 Å². The van der Waals surface area contributed by atoms with Crippen LogP contribution in [0.2, 0.25) is 5.02 Å². The molecule has 7 heteroatoms. The van der Waals surface area contributed by atoms with Gasteiger partial charge >= 0.3 is 0 Å². The summed E-state index contributed by atoms with van der Waals surface area (Å²) < 4.78 is 5.33. The maximum absolute atomic E-state index is 12.5. The van der Waals surface area contributed by atoms with Gasteiger partial charge in [-0.15, -0.1) is 0 Å². The van der Waals surface area contributed by atoms with Gasteiger partial charge in [-0.05, 0) is 36.8 Å². The number of halogens is 1. The Labute approximate surface area is 162 Å². The van der Waals surface area contributed by atoms with E-state index in [1.165, 1.54) is 6.20 Å². The quantitative estimate of drug-likeness (QED) is 0.664. The molecule has 138 valence electrons. The van der Waals surface area contributed by atoms with Crippen LogP contribution in [0.1, 0.15) is 21.6 Å². The molecule has 0 fully saturated rings. The first-order chi connectivity index (χ1) is 13.1. The lowest BCUT2D eigenvalue weighted by Crippen LogP contribution is -2.16. The second kappa shape index (κ2) is 8.51. The van der Waals surface area contributed by atoms with Gasteiger partial charge in [0.25, 0.3) is 5.91 Å². The normalized spacial score (nSPS) is 10.3. The van der Waals surface area contributed by atoms with Gasteiger partial charge in [0.05, 0.1) is 7.11 Å². The Hall–Kier alpha value is -3.12. The second-order valence-corrected chi connectivity index (χ2v) is 6.28. The highest BCUT2D eigenvalue weighted by molar-refractivity contribution is 6.31. The number of hydrogen-bond donors (Lipinski definition) is 2. The topological polar surface area (TPSA) is 76.1 Å². The predicted octanol–water partition coefficient (Wildman–Crippen LogP) is 4.31. The summed E-state index contributed by atoms with van der Waals surface area (Å²) >= 11 is 6.00. The van der Waals surface area contributed by atoms with Crippen LogP contribution in [0, 0.1) is 6.92 Å². The van der Waals surface area contributed by atoms with Crippen LogP contribution in [0.25, 0.3) is 0 Å². The molecule has 1 heterocycles. The number of aromatic nitrogens is 2. The zero-order valence-electron chi connectivity index (χ0n) is 15.0. The number of methoxy groups -OCH3 is 1. The highest BCUT2D eigenvalue weighted by Gasteiger charge is 2.11. The zero-order chi connectivity index (χ0) is 19.2. The number of carbonyl (C=O) groups excluding carboxylic acids is 1. The minimum atomic E-state index is -0.330. The van der Waals surface area contributed by atoms with Crippen LogP contribution < -0.4 is 15.4 Å². The van der Waals surface area contributed by atoms with Gasteiger partial charge in [-0.1, -0.05) is 35.9 Å². The van der Waals surface area contributed by atoms with Crippen molar-refractivity contribution in [1.82, 2.24) is 9.97 Å². The van der Waals surface area contributed by atoms with Crippen LogP contribution in [0.3, 0.4) is 0 Å². The smallest absolute Gasteiger partial charge is 0.274 e. The van der Waals surface area contributed by atoms with Crippen molar-refractivity contribution in [3.63, 3.8) is 0 Å². The van der Waals surface area contributed by atoms with Crippen molar-refractivity contribution in [3.05, 3.63) is 76.6 Å². The molecule has 3 rings (SSSR count). The van der Waals surface area contributed by atoms with Gasteiger partial charge in [0.15, 0.2) is 0 Å². The number of hydrogen-bond acceptors (Lipinski definition) is 5. The molecule has 2 N–H and O–H groups in total. The van der Waals surface area contributed by atoms with E-state index in [1.54, 1.807) is 25.3 Å². The van der Waals surface area contributed by atoms with Crippen LogP contribution >= 0.6 is 11.6 Å². The predicted molar refractivity (Wildman–Crippen MR) is 106 cm³/mol. The van der Waals surface area contributed by atoms with Gasteiger partial charge < -0.3 is 15.4 Å². The Morgan fingerprint density at radius 2 is 2.00 bits per heavy atom. The van der Waals surface area contributed by atoms with E-state index in [9.17, 15) is 4.79 Å². The van der Waals surface area contributed by atoms with Crippen LogP contribution in [0.4, 0.5) is 11.6 Å². The van der Waals surface area contributed by atoms with E-state index in [-0.39, 0.29) is 11.6 Å². The van der Waals surface area contributed by atoms with Crippen molar-refractivity contribution in [2.45, 2.75) is 13.5 Å². The number of anilines is 2. The van der Waals surface area contributed by atoms with Crippen LogP contribution in [0.15, 0.2) is 54.7 Å². The Balaban J connectivity index is 1.71. The van der Waals surface area contributed by atoms with Crippen LogP contribution in [-0.2, 0) is 6.54 Å². The summed E-state index contributed by atoms with van der Waals surface area (Å²) in [4.78, 5) is 21.0. The van der Waals surface area contributed by atoms with Crippen molar-refractivity contribution in [2.75, 3.05) is 17.7 Å². The molecular weight excluding hydrogens is 364 g/mol. The minimum absolute atomic E-state index is 0.256. The molecule has 0 aliphatic carbocycles. The van der Waals surface area contributed by atoms with Crippen molar-refractivity contribution in [3.8, 4) is 5.75 Å². The first-order valence-corrected chi connectivity index (χ1v) is 8.71. The third kappa shape index (κ3) is 4.74. The highest BCUT2D eigenvalue weighted by Crippen LogP contribution is 2.21. The van der Waals surface area contributed by atoms with Crippen molar-refractivity contribution >= 4 is 29.1 Å². The van der Waals surface area contributed by atoms with E-state index < -0.39 is 0 Å². The van der Waals surface area contributed by atoms with Crippen molar-refractivity contribution < 1.29 is 9.53 Å². The molecule has 0 saturated heterocycles.